The molecule has 6 heteroatoms. The molecule has 0 spiro atoms. The van der Waals surface area contributed by atoms with Crippen LogP contribution in [0, 0.1) is 5.92 Å². The third-order valence-corrected chi connectivity index (χ3v) is 3.57. The van der Waals surface area contributed by atoms with Crippen LogP contribution in [0.2, 0.25) is 0 Å². The maximum Gasteiger partial charge on any atom is 0.322 e. The first-order valence-electron chi connectivity index (χ1n) is 4.57. The molecule has 82 valence electrons. The minimum atomic E-state index is -3.49. The van der Waals surface area contributed by atoms with Crippen molar-refractivity contribution in [3.05, 3.63) is 0 Å². The van der Waals surface area contributed by atoms with Gasteiger partial charge >= 0.3 is 5.97 Å². The fourth-order valence-corrected chi connectivity index (χ4v) is 2.23. The zero-order chi connectivity index (χ0) is 10.6. The van der Waals surface area contributed by atoms with E-state index in [0.717, 1.165) is 12.8 Å². The second-order valence-electron chi connectivity index (χ2n) is 3.48. The second kappa shape index (κ2) is 4.75. The highest BCUT2D eigenvalue weighted by molar-refractivity contribution is 7.90. The van der Waals surface area contributed by atoms with Gasteiger partial charge in [0.15, 0.2) is 5.75 Å². The topological polar surface area (TPSA) is 72.5 Å². The number of methoxy groups -OCH3 is 1. The smallest absolute Gasteiger partial charge is 0.322 e. The maximum absolute atomic E-state index is 11.2. The Morgan fingerprint density at radius 3 is 2.57 bits per heavy atom. The fraction of sp³-hybridized carbons (Fsp3) is 0.875. The van der Waals surface area contributed by atoms with Gasteiger partial charge in [-0.1, -0.05) is 6.42 Å². The van der Waals surface area contributed by atoms with Crippen molar-refractivity contribution in [2.45, 2.75) is 19.3 Å². The Bertz CT molecular complexity index is 294. The van der Waals surface area contributed by atoms with Crippen molar-refractivity contribution in [3.63, 3.8) is 0 Å². The van der Waals surface area contributed by atoms with Crippen LogP contribution < -0.4 is 4.72 Å². The molecule has 0 bridgehead atoms. The average molecular weight is 221 g/mol. The Kier molecular flexibility index (Phi) is 3.88. The van der Waals surface area contributed by atoms with E-state index in [9.17, 15) is 13.2 Å². The molecule has 0 aromatic carbocycles. The molecule has 0 atom stereocenters. The highest BCUT2D eigenvalue weighted by atomic mass is 32.2. The zero-order valence-corrected chi connectivity index (χ0v) is 8.97. The van der Waals surface area contributed by atoms with Gasteiger partial charge in [-0.05, 0) is 18.8 Å². The van der Waals surface area contributed by atoms with E-state index < -0.39 is 21.7 Å². The van der Waals surface area contributed by atoms with Crippen LogP contribution in [-0.2, 0) is 19.6 Å². The van der Waals surface area contributed by atoms with Crippen LogP contribution in [0.25, 0.3) is 0 Å². The Balaban J connectivity index is 2.29. The molecule has 1 aliphatic carbocycles. The van der Waals surface area contributed by atoms with Crippen molar-refractivity contribution in [2.75, 3.05) is 19.4 Å². The highest BCUT2D eigenvalue weighted by Gasteiger charge is 2.22. The van der Waals surface area contributed by atoms with E-state index in [1.165, 1.54) is 13.5 Å². The predicted octanol–water partition coefficient (Wildman–Crippen LogP) is -0.121. The van der Waals surface area contributed by atoms with Crippen LogP contribution in [0.4, 0.5) is 0 Å². The third-order valence-electron chi connectivity index (χ3n) is 2.35. The molecule has 0 heterocycles. The number of rotatable bonds is 5. The summed E-state index contributed by atoms with van der Waals surface area (Å²) in [5.74, 6) is -0.871. The van der Waals surface area contributed by atoms with Gasteiger partial charge in [-0.15, -0.1) is 0 Å². The lowest BCUT2D eigenvalue weighted by atomic mass is 9.86. The molecule has 1 rings (SSSR count). The average Bonchev–Trinajstić information content (AvgIpc) is 2.00. The summed E-state index contributed by atoms with van der Waals surface area (Å²) < 4.78 is 29.1. The molecule has 5 nitrogen and oxygen atoms in total. The van der Waals surface area contributed by atoms with E-state index in [4.69, 9.17) is 0 Å². The van der Waals surface area contributed by atoms with E-state index >= 15 is 0 Å². The Morgan fingerprint density at radius 1 is 1.50 bits per heavy atom. The summed E-state index contributed by atoms with van der Waals surface area (Å²) in [6.07, 6.45) is 3.31. The Morgan fingerprint density at radius 2 is 2.14 bits per heavy atom. The van der Waals surface area contributed by atoms with Crippen LogP contribution in [0.5, 0.6) is 0 Å². The van der Waals surface area contributed by atoms with Gasteiger partial charge in [-0.25, -0.2) is 13.1 Å². The van der Waals surface area contributed by atoms with Gasteiger partial charge in [-0.3, -0.25) is 4.79 Å². The van der Waals surface area contributed by atoms with E-state index in [-0.39, 0.29) is 0 Å². The summed E-state index contributed by atoms with van der Waals surface area (Å²) >= 11 is 0. The van der Waals surface area contributed by atoms with Crippen LogP contribution in [-0.4, -0.2) is 33.8 Å². The first-order valence-corrected chi connectivity index (χ1v) is 6.23. The van der Waals surface area contributed by atoms with E-state index in [0.29, 0.717) is 12.5 Å². The van der Waals surface area contributed by atoms with Crippen molar-refractivity contribution in [3.8, 4) is 0 Å². The lowest BCUT2D eigenvalue weighted by molar-refractivity contribution is -0.137. The van der Waals surface area contributed by atoms with Crippen molar-refractivity contribution in [2.24, 2.45) is 5.92 Å². The Labute approximate surface area is 83.9 Å². The maximum atomic E-state index is 11.2. The van der Waals surface area contributed by atoms with Crippen LogP contribution in [0.15, 0.2) is 0 Å². The van der Waals surface area contributed by atoms with Crippen molar-refractivity contribution >= 4 is 16.0 Å². The largest absolute Gasteiger partial charge is 0.468 e. The molecule has 0 saturated heterocycles. The lowest BCUT2D eigenvalue weighted by Crippen LogP contribution is -2.35. The van der Waals surface area contributed by atoms with Gasteiger partial charge in [-0.2, -0.15) is 0 Å². The van der Waals surface area contributed by atoms with Gasteiger partial charge in [0.1, 0.15) is 0 Å². The summed E-state index contributed by atoms with van der Waals surface area (Å²) in [7, 11) is -2.32. The molecule has 14 heavy (non-hydrogen) atoms. The van der Waals surface area contributed by atoms with Crippen LogP contribution >= 0.6 is 0 Å². The summed E-state index contributed by atoms with van der Waals surface area (Å²) in [5.41, 5.74) is 0. The molecular formula is C8H15NO4S. The molecule has 0 aromatic heterocycles. The van der Waals surface area contributed by atoms with Gasteiger partial charge in [0.05, 0.1) is 7.11 Å². The molecule has 0 aromatic rings. The molecule has 0 amide bonds. The van der Waals surface area contributed by atoms with E-state index in [2.05, 4.69) is 9.46 Å². The molecule has 0 radical (unpaired) electrons. The van der Waals surface area contributed by atoms with Crippen LogP contribution in [0.1, 0.15) is 19.3 Å². The van der Waals surface area contributed by atoms with Crippen molar-refractivity contribution in [1.29, 1.82) is 0 Å². The first kappa shape index (κ1) is 11.5. The van der Waals surface area contributed by atoms with E-state index in [1.54, 1.807) is 0 Å². The first-order chi connectivity index (χ1) is 6.53. The number of sulfonamides is 1. The molecule has 0 aliphatic heterocycles. The number of hydrogen-bond acceptors (Lipinski definition) is 4. The molecule has 1 N–H and O–H groups in total. The predicted molar refractivity (Wildman–Crippen MR) is 51.1 cm³/mol. The van der Waals surface area contributed by atoms with Gasteiger partial charge in [0, 0.05) is 6.54 Å². The third kappa shape index (κ3) is 3.63. The normalized spacial score (nSPS) is 17.5. The molecular weight excluding hydrogens is 206 g/mol. The van der Waals surface area contributed by atoms with Gasteiger partial charge in [0.2, 0.25) is 10.0 Å². The molecule has 1 aliphatic rings. The summed E-state index contributed by atoms with van der Waals surface area (Å²) in [6, 6.07) is 0. The number of carbonyl (C=O) groups is 1. The second-order valence-corrected chi connectivity index (χ2v) is 5.29. The Hall–Kier alpha value is -0.620. The molecule has 0 unspecified atom stereocenters. The standard InChI is InChI=1S/C8H15NO4S/c1-13-8(10)6-14(11,12)9-5-7-3-2-4-7/h7,9H,2-6H2,1H3. The van der Waals surface area contributed by atoms with Crippen LogP contribution in [0.3, 0.4) is 0 Å². The zero-order valence-electron chi connectivity index (χ0n) is 8.15. The molecule has 1 saturated carbocycles. The van der Waals surface area contributed by atoms with Gasteiger partial charge < -0.3 is 4.74 Å². The SMILES string of the molecule is COC(=O)CS(=O)(=O)NCC1CCC1. The van der Waals surface area contributed by atoms with Crippen molar-refractivity contribution < 1.29 is 17.9 Å². The lowest BCUT2D eigenvalue weighted by Gasteiger charge is -2.25. The quantitative estimate of drug-likeness (QED) is 0.657. The van der Waals surface area contributed by atoms with E-state index in [1.807, 2.05) is 0 Å². The number of carbonyl (C=O) groups excluding carboxylic acids is 1. The highest BCUT2D eigenvalue weighted by Crippen LogP contribution is 2.25. The summed E-state index contributed by atoms with van der Waals surface area (Å²) in [4.78, 5) is 10.7. The molecule has 1 fully saturated rings. The van der Waals surface area contributed by atoms with Crippen molar-refractivity contribution in [1.82, 2.24) is 4.72 Å². The number of esters is 1. The minimum absolute atomic E-state index is 0.444. The minimum Gasteiger partial charge on any atom is -0.468 e. The van der Waals surface area contributed by atoms with Gasteiger partial charge in [0.25, 0.3) is 0 Å². The fourth-order valence-electron chi connectivity index (χ4n) is 1.21. The number of nitrogens with one attached hydrogen (secondary N) is 1. The number of hydrogen-bond donors (Lipinski definition) is 1. The monoisotopic (exact) mass is 221 g/mol. The number of ether oxygens (including phenoxy) is 1. The summed E-state index contributed by atoms with van der Waals surface area (Å²) in [5, 5.41) is 0. The summed E-state index contributed by atoms with van der Waals surface area (Å²) in [6.45, 7) is 0.444.